The SMILES string of the molecule is CN(C(=O)c1ccc(OS(=O)(=O)O)cc1)c1cccc(OS(N)(=O)=O)c1. The van der Waals surface area contributed by atoms with Crippen molar-refractivity contribution in [1.82, 2.24) is 0 Å². The highest BCUT2D eigenvalue weighted by molar-refractivity contribution is 7.84. The molecule has 2 aromatic carbocycles. The van der Waals surface area contributed by atoms with Gasteiger partial charge in [-0.2, -0.15) is 22.0 Å². The molecule has 0 radical (unpaired) electrons. The van der Waals surface area contributed by atoms with Gasteiger partial charge in [-0.3, -0.25) is 9.35 Å². The van der Waals surface area contributed by atoms with Crippen LogP contribution in [-0.2, 0) is 20.7 Å². The summed E-state index contributed by atoms with van der Waals surface area (Å²) in [5.74, 6) is -0.715. The maximum atomic E-state index is 12.5. The second kappa shape index (κ2) is 7.29. The molecule has 0 heterocycles. The van der Waals surface area contributed by atoms with Crippen molar-refractivity contribution >= 4 is 32.3 Å². The molecule has 2 rings (SSSR count). The molecule has 0 aliphatic rings. The zero-order valence-corrected chi connectivity index (χ0v) is 14.9. The molecule has 0 saturated carbocycles. The molecule has 1 amide bonds. The number of hydrogen-bond donors (Lipinski definition) is 2. The number of nitrogens with two attached hydrogens (primary N) is 1. The van der Waals surface area contributed by atoms with Crippen LogP contribution in [0.25, 0.3) is 0 Å². The minimum atomic E-state index is -4.66. The predicted molar refractivity (Wildman–Crippen MR) is 91.5 cm³/mol. The van der Waals surface area contributed by atoms with Crippen LogP contribution in [-0.4, -0.2) is 34.3 Å². The molecule has 26 heavy (non-hydrogen) atoms. The third-order valence-corrected chi connectivity index (χ3v) is 3.85. The summed E-state index contributed by atoms with van der Waals surface area (Å²) < 4.78 is 60.6. The van der Waals surface area contributed by atoms with Crippen molar-refractivity contribution in [2.24, 2.45) is 5.14 Å². The first-order valence-corrected chi connectivity index (χ1v) is 9.65. The first kappa shape index (κ1) is 19.7. The summed E-state index contributed by atoms with van der Waals surface area (Å²) in [7, 11) is -7.41. The molecule has 12 heteroatoms. The van der Waals surface area contributed by atoms with Crippen molar-refractivity contribution in [3.63, 3.8) is 0 Å². The molecule has 0 spiro atoms. The van der Waals surface area contributed by atoms with Gasteiger partial charge in [-0.15, -0.1) is 0 Å². The van der Waals surface area contributed by atoms with Crippen LogP contribution in [0.4, 0.5) is 5.69 Å². The van der Waals surface area contributed by atoms with Crippen molar-refractivity contribution < 1.29 is 34.5 Å². The number of nitrogens with zero attached hydrogens (tertiary/aromatic N) is 1. The van der Waals surface area contributed by atoms with E-state index in [1.165, 1.54) is 54.4 Å². The summed E-state index contributed by atoms with van der Waals surface area (Å²) in [5.41, 5.74) is 0.516. The number of amides is 1. The minimum absolute atomic E-state index is 0.0680. The molecular weight excluding hydrogens is 388 g/mol. The van der Waals surface area contributed by atoms with Gasteiger partial charge in [0.05, 0.1) is 0 Å². The Bertz CT molecular complexity index is 1020. The van der Waals surface area contributed by atoms with Crippen LogP contribution in [0.15, 0.2) is 48.5 Å². The standard InChI is InChI=1S/C14H14N2O8S2/c1-16(11-3-2-4-13(9-11)23-25(15,18)19)14(17)10-5-7-12(8-6-10)24-26(20,21)22/h2-9H,1H3,(H2,15,18,19)(H,20,21,22). The van der Waals surface area contributed by atoms with Gasteiger partial charge < -0.3 is 13.3 Å². The zero-order valence-electron chi connectivity index (χ0n) is 13.3. The second-order valence-electron chi connectivity index (χ2n) is 4.97. The number of rotatable bonds is 6. The Balaban J connectivity index is 2.20. The average molecular weight is 402 g/mol. The Kier molecular flexibility index (Phi) is 5.51. The van der Waals surface area contributed by atoms with Gasteiger partial charge in [-0.05, 0) is 36.4 Å². The molecule has 0 saturated heterocycles. The molecule has 0 fully saturated rings. The Morgan fingerprint density at radius 2 is 1.62 bits per heavy atom. The third kappa shape index (κ3) is 5.70. The Labute approximate surface area is 150 Å². The summed E-state index contributed by atoms with van der Waals surface area (Å²) >= 11 is 0. The van der Waals surface area contributed by atoms with Crippen LogP contribution < -0.4 is 18.4 Å². The summed E-state index contributed by atoms with van der Waals surface area (Å²) in [6.07, 6.45) is 0. The fourth-order valence-electron chi connectivity index (χ4n) is 1.96. The quantitative estimate of drug-likeness (QED) is 0.670. The number of benzene rings is 2. The lowest BCUT2D eigenvalue weighted by molar-refractivity contribution is 0.0993. The summed E-state index contributed by atoms with van der Waals surface area (Å²) in [6.45, 7) is 0. The average Bonchev–Trinajstić information content (AvgIpc) is 2.51. The molecule has 10 nitrogen and oxygen atoms in total. The van der Waals surface area contributed by atoms with Gasteiger partial charge in [0.15, 0.2) is 0 Å². The Morgan fingerprint density at radius 3 is 2.15 bits per heavy atom. The van der Waals surface area contributed by atoms with E-state index in [4.69, 9.17) is 9.69 Å². The van der Waals surface area contributed by atoms with Gasteiger partial charge >= 0.3 is 20.7 Å². The highest BCUT2D eigenvalue weighted by Crippen LogP contribution is 2.23. The number of anilines is 1. The minimum Gasteiger partial charge on any atom is -0.371 e. The molecule has 0 bridgehead atoms. The van der Waals surface area contributed by atoms with Crippen LogP contribution in [0.3, 0.4) is 0 Å². The largest absolute Gasteiger partial charge is 0.446 e. The number of carbonyl (C=O) groups is 1. The summed E-state index contributed by atoms with van der Waals surface area (Å²) in [4.78, 5) is 13.7. The molecule has 0 aromatic heterocycles. The van der Waals surface area contributed by atoms with Gasteiger partial charge in [0.1, 0.15) is 11.5 Å². The van der Waals surface area contributed by atoms with E-state index in [2.05, 4.69) is 8.37 Å². The molecule has 0 unspecified atom stereocenters. The van der Waals surface area contributed by atoms with E-state index in [-0.39, 0.29) is 17.1 Å². The van der Waals surface area contributed by atoms with E-state index in [1.807, 2.05) is 0 Å². The maximum Gasteiger partial charge on any atom is 0.446 e. The van der Waals surface area contributed by atoms with Crippen molar-refractivity contribution in [2.75, 3.05) is 11.9 Å². The van der Waals surface area contributed by atoms with Crippen molar-refractivity contribution in [3.8, 4) is 11.5 Å². The van der Waals surface area contributed by atoms with E-state index >= 15 is 0 Å². The van der Waals surface area contributed by atoms with E-state index < -0.39 is 26.6 Å². The smallest absolute Gasteiger partial charge is 0.371 e. The van der Waals surface area contributed by atoms with Gasteiger partial charge in [-0.1, -0.05) is 6.07 Å². The van der Waals surface area contributed by atoms with Crippen molar-refractivity contribution in [2.45, 2.75) is 0 Å². The maximum absolute atomic E-state index is 12.5. The highest BCUT2D eigenvalue weighted by atomic mass is 32.3. The molecule has 2 aromatic rings. The first-order valence-electron chi connectivity index (χ1n) is 6.82. The van der Waals surface area contributed by atoms with Gasteiger partial charge in [0.2, 0.25) is 0 Å². The topological polar surface area (TPSA) is 153 Å². The van der Waals surface area contributed by atoms with Crippen LogP contribution >= 0.6 is 0 Å². The van der Waals surface area contributed by atoms with Crippen LogP contribution in [0, 0.1) is 0 Å². The highest BCUT2D eigenvalue weighted by Gasteiger charge is 2.16. The molecule has 3 N–H and O–H groups in total. The van der Waals surface area contributed by atoms with Crippen molar-refractivity contribution in [3.05, 3.63) is 54.1 Å². The second-order valence-corrected chi connectivity index (χ2v) is 7.15. The van der Waals surface area contributed by atoms with Crippen molar-refractivity contribution in [1.29, 1.82) is 0 Å². The van der Waals surface area contributed by atoms with Crippen LogP contribution in [0.5, 0.6) is 11.5 Å². The summed E-state index contributed by atoms with van der Waals surface area (Å²) in [5, 5.41) is 4.80. The summed E-state index contributed by atoms with van der Waals surface area (Å²) in [6, 6.07) is 10.6. The molecule has 0 aliphatic carbocycles. The van der Waals surface area contributed by atoms with E-state index in [1.54, 1.807) is 6.07 Å². The Morgan fingerprint density at radius 1 is 1.00 bits per heavy atom. The lowest BCUT2D eigenvalue weighted by Gasteiger charge is -2.18. The Hall–Kier alpha value is -2.67. The fraction of sp³-hybridized carbons (Fsp3) is 0.0714. The van der Waals surface area contributed by atoms with Crippen LogP contribution in [0.1, 0.15) is 10.4 Å². The number of hydrogen-bond acceptors (Lipinski definition) is 7. The van der Waals surface area contributed by atoms with Gasteiger partial charge in [-0.25, -0.2) is 0 Å². The van der Waals surface area contributed by atoms with E-state index in [0.29, 0.717) is 5.69 Å². The molecule has 0 aliphatic heterocycles. The zero-order chi connectivity index (χ0) is 19.5. The predicted octanol–water partition coefficient (Wildman–Crippen LogP) is 0.727. The fourth-order valence-corrected chi connectivity index (χ4v) is 2.69. The lowest BCUT2D eigenvalue weighted by Crippen LogP contribution is -2.26. The van der Waals surface area contributed by atoms with E-state index in [9.17, 15) is 21.6 Å². The van der Waals surface area contributed by atoms with Gasteiger partial charge in [0, 0.05) is 24.4 Å². The van der Waals surface area contributed by atoms with Gasteiger partial charge in [0.25, 0.3) is 5.91 Å². The lowest BCUT2D eigenvalue weighted by atomic mass is 10.2. The van der Waals surface area contributed by atoms with Crippen LogP contribution in [0.2, 0.25) is 0 Å². The van der Waals surface area contributed by atoms with E-state index in [0.717, 1.165) is 0 Å². The first-order chi connectivity index (χ1) is 11.9. The molecule has 140 valence electrons. The molecular formula is C14H14N2O8S2. The molecule has 0 atom stereocenters. The normalized spacial score (nSPS) is 11.7. The number of carbonyl (C=O) groups excluding carboxylic acids is 1. The third-order valence-electron chi connectivity index (χ3n) is 3.02. The monoisotopic (exact) mass is 402 g/mol.